The topological polar surface area (TPSA) is 66.4 Å². The minimum absolute atomic E-state index is 0.202. The second kappa shape index (κ2) is 4.72. The molecule has 0 spiro atoms. The SMILES string of the molecule is Cc1c(Br)cccc1C(=O)NCC1(C(=O)O)CC1. The van der Waals surface area contributed by atoms with Crippen molar-refractivity contribution in [1.29, 1.82) is 0 Å². The first kappa shape index (κ1) is 13.1. The van der Waals surface area contributed by atoms with E-state index in [0.717, 1.165) is 10.0 Å². The van der Waals surface area contributed by atoms with Crippen molar-refractivity contribution in [3.05, 3.63) is 33.8 Å². The summed E-state index contributed by atoms with van der Waals surface area (Å²) in [5, 5.41) is 11.7. The van der Waals surface area contributed by atoms with Crippen LogP contribution in [0.1, 0.15) is 28.8 Å². The highest BCUT2D eigenvalue weighted by molar-refractivity contribution is 9.10. The Bertz CT molecular complexity index is 509. The summed E-state index contributed by atoms with van der Waals surface area (Å²) in [6, 6.07) is 5.39. The van der Waals surface area contributed by atoms with Crippen LogP contribution in [0.15, 0.2) is 22.7 Å². The Morgan fingerprint density at radius 1 is 1.44 bits per heavy atom. The fourth-order valence-corrected chi connectivity index (χ4v) is 2.18. The molecular formula is C13H14BrNO3. The Morgan fingerprint density at radius 3 is 2.67 bits per heavy atom. The third-order valence-electron chi connectivity index (χ3n) is 3.41. The van der Waals surface area contributed by atoms with Gasteiger partial charge in [-0.25, -0.2) is 0 Å². The summed E-state index contributed by atoms with van der Waals surface area (Å²) >= 11 is 3.37. The molecule has 1 aromatic rings. The Kier molecular flexibility index (Phi) is 3.43. The number of halogens is 1. The number of nitrogens with one attached hydrogen (secondary N) is 1. The lowest BCUT2D eigenvalue weighted by Gasteiger charge is -2.12. The average molecular weight is 312 g/mol. The lowest BCUT2D eigenvalue weighted by atomic mass is 10.1. The Balaban J connectivity index is 2.05. The number of carboxylic acid groups (broad SMARTS) is 1. The van der Waals surface area contributed by atoms with Crippen LogP contribution in [0, 0.1) is 12.3 Å². The molecule has 5 heteroatoms. The molecule has 18 heavy (non-hydrogen) atoms. The molecule has 1 saturated carbocycles. The summed E-state index contributed by atoms with van der Waals surface area (Å²) in [6.45, 7) is 2.05. The van der Waals surface area contributed by atoms with Gasteiger partial charge in [-0.05, 0) is 37.5 Å². The first-order valence-corrected chi connectivity index (χ1v) is 6.52. The molecule has 1 aromatic carbocycles. The summed E-state index contributed by atoms with van der Waals surface area (Å²) in [4.78, 5) is 23.0. The molecule has 1 aliphatic rings. The largest absolute Gasteiger partial charge is 0.481 e. The van der Waals surface area contributed by atoms with Gasteiger partial charge in [0.25, 0.3) is 5.91 Å². The van der Waals surface area contributed by atoms with E-state index >= 15 is 0 Å². The van der Waals surface area contributed by atoms with Crippen LogP contribution in [-0.4, -0.2) is 23.5 Å². The summed E-state index contributed by atoms with van der Waals surface area (Å²) in [5.74, 6) is -1.05. The lowest BCUT2D eigenvalue weighted by molar-refractivity contribution is -0.143. The van der Waals surface area contributed by atoms with Crippen LogP contribution in [0.3, 0.4) is 0 Å². The molecule has 1 aliphatic carbocycles. The van der Waals surface area contributed by atoms with E-state index in [1.54, 1.807) is 12.1 Å². The number of carbonyl (C=O) groups excluding carboxylic acids is 1. The van der Waals surface area contributed by atoms with Crippen molar-refractivity contribution < 1.29 is 14.7 Å². The zero-order chi connectivity index (χ0) is 13.3. The van der Waals surface area contributed by atoms with Gasteiger partial charge in [-0.15, -0.1) is 0 Å². The van der Waals surface area contributed by atoms with Crippen molar-refractivity contribution in [1.82, 2.24) is 5.32 Å². The number of hydrogen-bond donors (Lipinski definition) is 2. The fourth-order valence-electron chi connectivity index (χ4n) is 1.82. The monoisotopic (exact) mass is 311 g/mol. The van der Waals surface area contributed by atoms with Crippen LogP contribution >= 0.6 is 15.9 Å². The zero-order valence-corrected chi connectivity index (χ0v) is 11.6. The van der Waals surface area contributed by atoms with Crippen molar-refractivity contribution in [2.45, 2.75) is 19.8 Å². The van der Waals surface area contributed by atoms with E-state index in [1.165, 1.54) is 0 Å². The smallest absolute Gasteiger partial charge is 0.311 e. The molecular weight excluding hydrogens is 298 g/mol. The Labute approximate surface area is 114 Å². The van der Waals surface area contributed by atoms with Gasteiger partial charge in [0.05, 0.1) is 5.41 Å². The van der Waals surface area contributed by atoms with Gasteiger partial charge < -0.3 is 10.4 Å². The summed E-state index contributed by atoms with van der Waals surface area (Å²) in [7, 11) is 0. The number of carboxylic acids is 1. The van der Waals surface area contributed by atoms with Crippen LogP contribution < -0.4 is 5.32 Å². The molecule has 0 radical (unpaired) electrons. The van der Waals surface area contributed by atoms with E-state index in [1.807, 2.05) is 13.0 Å². The van der Waals surface area contributed by atoms with E-state index in [4.69, 9.17) is 5.11 Å². The molecule has 0 bridgehead atoms. The number of hydrogen-bond acceptors (Lipinski definition) is 2. The molecule has 2 N–H and O–H groups in total. The summed E-state index contributed by atoms with van der Waals surface area (Å²) in [6.07, 6.45) is 1.28. The maximum atomic E-state index is 12.0. The quantitative estimate of drug-likeness (QED) is 0.897. The van der Waals surface area contributed by atoms with Crippen LogP contribution in [0.5, 0.6) is 0 Å². The van der Waals surface area contributed by atoms with Gasteiger partial charge in [-0.1, -0.05) is 22.0 Å². The number of amides is 1. The van der Waals surface area contributed by atoms with Gasteiger partial charge in [0.15, 0.2) is 0 Å². The molecule has 0 aromatic heterocycles. The van der Waals surface area contributed by atoms with Crippen LogP contribution in [0.2, 0.25) is 0 Å². The molecule has 0 atom stereocenters. The van der Waals surface area contributed by atoms with Gasteiger partial charge >= 0.3 is 5.97 Å². The van der Waals surface area contributed by atoms with E-state index < -0.39 is 11.4 Å². The van der Waals surface area contributed by atoms with Gasteiger partial charge in [0.2, 0.25) is 0 Å². The van der Waals surface area contributed by atoms with E-state index in [9.17, 15) is 9.59 Å². The molecule has 1 amide bonds. The van der Waals surface area contributed by atoms with Gasteiger partial charge in [-0.3, -0.25) is 9.59 Å². The first-order chi connectivity index (χ1) is 8.46. The number of aliphatic carboxylic acids is 1. The number of benzene rings is 1. The second-order valence-electron chi connectivity index (χ2n) is 4.68. The molecule has 0 saturated heterocycles. The maximum absolute atomic E-state index is 12.0. The fraction of sp³-hybridized carbons (Fsp3) is 0.385. The maximum Gasteiger partial charge on any atom is 0.311 e. The molecule has 0 aliphatic heterocycles. The van der Waals surface area contributed by atoms with Crippen LogP contribution in [-0.2, 0) is 4.79 Å². The van der Waals surface area contributed by atoms with Crippen molar-refractivity contribution in [2.75, 3.05) is 6.54 Å². The normalized spacial score (nSPS) is 16.1. The van der Waals surface area contributed by atoms with E-state index in [2.05, 4.69) is 21.2 Å². The zero-order valence-electron chi connectivity index (χ0n) is 10.00. The van der Waals surface area contributed by atoms with Gasteiger partial charge in [0.1, 0.15) is 0 Å². The first-order valence-electron chi connectivity index (χ1n) is 5.73. The molecule has 0 unspecified atom stereocenters. The molecule has 4 nitrogen and oxygen atoms in total. The second-order valence-corrected chi connectivity index (χ2v) is 5.53. The highest BCUT2D eigenvalue weighted by Gasteiger charge is 2.50. The Hall–Kier alpha value is -1.36. The van der Waals surface area contributed by atoms with Crippen molar-refractivity contribution in [2.24, 2.45) is 5.41 Å². The standard InChI is InChI=1S/C13H14BrNO3/c1-8-9(3-2-4-10(8)14)11(16)15-7-13(5-6-13)12(17)18/h2-4H,5-7H2,1H3,(H,15,16)(H,17,18). The van der Waals surface area contributed by atoms with Crippen molar-refractivity contribution >= 4 is 27.8 Å². The number of carbonyl (C=O) groups is 2. The predicted molar refractivity (Wildman–Crippen MR) is 70.5 cm³/mol. The highest BCUT2D eigenvalue weighted by Crippen LogP contribution is 2.45. The third kappa shape index (κ3) is 2.41. The third-order valence-corrected chi connectivity index (χ3v) is 4.27. The number of rotatable bonds is 4. The van der Waals surface area contributed by atoms with Crippen molar-refractivity contribution in [3.63, 3.8) is 0 Å². The summed E-state index contributed by atoms with van der Waals surface area (Å²) in [5.41, 5.74) is 0.705. The molecule has 96 valence electrons. The van der Waals surface area contributed by atoms with Gasteiger partial charge in [-0.2, -0.15) is 0 Å². The average Bonchev–Trinajstić information content (AvgIpc) is 3.11. The molecule has 1 fully saturated rings. The minimum Gasteiger partial charge on any atom is -0.481 e. The van der Waals surface area contributed by atoms with E-state index in [-0.39, 0.29) is 12.5 Å². The molecule has 2 rings (SSSR count). The molecule has 0 heterocycles. The lowest BCUT2D eigenvalue weighted by Crippen LogP contribution is -2.34. The van der Waals surface area contributed by atoms with E-state index in [0.29, 0.717) is 18.4 Å². The highest BCUT2D eigenvalue weighted by atomic mass is 79.9. The Morgan fingerprint density at radius 2 is 2.11 bits per heavy atom. The van der Waals surface area contributed by atoms with Crippen molar-refractivity contribution in [3.8, 4) is 0 Å². The summed E-state index contributed by atoms with van der Waals surface area (Å²) < 4.78 is 0.870. The van der Waals surface area contributed by atoms with Gasteiger partial charge in [0, 0.05) is 16.6 Å². The van der Waals surface area contributed by atoms with Crippen LogP contribution in [0.25, 0.3) is 0 Å². The van der Waals surface area contributed by atoms with Crippen LogP contribution in [0.4, 0.5) is 0 Å². The predicted octanol–water partition coefficient (Wildman–Crippen LogP) is 2.35. The minimum atomic E-state index is -0.825.